The minimum Gasteiger partial charge on any atom is -0.451 e. The molecule has 20 heavy (non-hydrogen) atoms. The Morgan fingerprint density at radius 2 is 1.90 bits per heavy atom. The molecule has 0 heterocycles. The largest absolute Gasteiger partial charge is 0.451 e. The average molecular weight is 277 g/mol. The maximum atomic E-state index is 13.9. The number of halogens is 2. The molecule has 0 spiro atoms. The number of benzene rings is 2. The van der Waals surface area contributed by atoms with Gasteiger partial charge in [0, 0.05) is 6.04 Å². The number of aryl methyl sites for hydroxylation is 1. The molecule has 106 valence electrons. The maximum absolute atomic E-state index is 13.9. The van der Waals surface area contributed by atoms with E-state index in [1.165, 1.54) is 18.2 Å². The first-order valence-electron chi connectivity index (χ1n) is 6.44. The standard InChI is InChI=1S/C16H17F2NO/c1-10-4-3-5-15(16(10)18)20-14-7-6-12(8-11(2)19)9-13(14)17/h3-7,9,11H,8,19H2,1-2H3. The highest BCUT2D eigenvalue weighted by Crippen LogP contribution is 2.28. The van der Waals surface area contributed by atoms with Gasteiger partial charge in [0.05, 0.1) is 0 Å². The lowest BCUT2D eigenvalue weighted by atomic mass is 10.1. The van der Waals surface area contributed by atoms with E-state index in [1.807, 2.05) is 6.92 Å². The molecule has 4 heteroatoms. The average Bonchev–Trinajstić information content (AvgIpc) is 2.37. The van der Waals surface area contributed by atoms with Crippen molar-refractivity contribution in [1.82, 2.24) is 0 Å². The van der Waals surface area contributed by atoms with Crippen LogP contribution in [0.1, 0.15) is 18.1 Å². The maximum Gasteiger partial charge on any atom is 0.168 e. The second kappa shape index (κ2) is 6.01. The van der Waals surface area contributed by atoms with Crippen LogP contribution in [0.5, 0.6) is 11.5 Å². The SMILES string of the molecule is Cc1cccc(Oc2ccc(CC(C)N)cc2F)c1F. The van der Waals surface area contributed by atoms with Crippen molar-refractivity contribution in [2.45, 2.75) is 26.3 Å². The van der Waals surface area contributed by atoms with E-state index in [0.29, 0.717) is 12.0 Å². The molecule has 0 aromatic heterocycles. The molecule has 0 fully saturated rings. The van der Waals surface area contributed by atoms with Crippen LogP contribution in [-0.4, -0.2) is 6.04 Å². The van der Waals surface area contributed by atoms with E-state index in [2.05, 4.69) is 0 Å². The van der Waals surface area contributed by atoms with Crippen molar-refractivity contribution in [3.63, 3.8) is 0 Å². The van der Waals surface area contributed by atoms with Gasteiger partial charge in [-0.15, -0.1) is 0 Å². The van der Waals surface area contributed by atoms with Crippen molar-refractivity contribution < 1.29 is 13.5 Å². The van der Waals surface area contributed by atoms with E-state index >= 15 is 0 Å². The van der Waals surface area contributed by atoms with Gasteiger partial charge in [-0.25, -0.2) is 8.78 Å². The third-order valence-corrected chi connectivity index (χ3v) is 2.93. The van der Waals surface area contributed by atoms with Gasteiger partial charge >= 0.3 is 0 Å². The van der Waals surface area contributed by atoms with Crippen LogP contribution in [-0.2, 0) is 6.42 Å². The Morgan fingerprint density at radius 3 is 2.55 bits per heavy atom. The Kier molecular flexibility index (Phi) is 4.35. The number of hydrogen-bond donors (Lipinski definition) is 1. The molecule has 0 aliphatic carbocycles. The minimum absolute atomic E-state index is 0.00271. The van der Waals surface area contributed by atoms with Gasteiger partial charge in [0.25, 0.3) is 0 Å². The molecule has 2 aromatic carbocycles. The van der Waals surface area contributed by atoms with E-state index < -0.39 is 11.6 Å². The molecule has 2 rings (SSSR count). The van der Waals surface area contributed by atoms with Crippen molar-refractivity contribution in [2.24, 2.45) is 5.73 Å². The molecule has 1 unspecified atom stereocenters. The summed E-state index contributed by atoms with van der Waals surface area (Å²) in [7, 11) is 0. The summed E-state index contributed by atoms with van der Waals surface area (Å²) in [4.78, 5) is 0. The van der Waals surface area contributed by atoms with Crippen molar-refractivity contribution in [1.29, 1.82) is 0 Å². The highest BCUT2D eigenvalue weighted by atomic mass is 19.1. The zero-order chi connectivity index (χ0) is 14.7. The highest BCUT2D eigenvalue weighted by molar-refractivity contribution is 5.37. The van der Waals surface area contributed by atoms with Crippen LogP contribution >= 0.6 is 0 Å². The van der Waals surface area contributed by atoms with Crippen molar-refractivity contribution >= 4 is 0 Å². The van der Waals surface area contributed by atoms with Gasteiger partial charge in [0.15, 0.2) is 23.1 Å². The predicted octanol–water partition coefficient (Wildman–Crippen LogP) is 3.96. The van der Waals surface area contributed by atoms with Gasteiger partial charge in [0.2, 0.25) is 0 Å². The van der Waals surface area contributed by atoms with Crippen LogP contribution in [0.15, 0.2) is 36.4 Å². The first-order valence-corrected chi connectivity index (χ1v) is 6.44. The van der Waals surface area contributed by atoms with Crippen LogP contribution in [0.4, 0.5) is 8.78 Å². The van der Waals surface area contributed by atoms with Gasteiger partial charge in [-0.3, -0.25) is 0 Å². The van der Waals surface area contributed by atoms with Crippen LogP contribution in [0.3, 0.4) is 0 Å². The number of rotatable bonds is 4. The van der Waals surface area contributed by atoms with E-state index in [4.69, 9.17) is 10.5 Å². The summed E-state index contributed by atoms with van der Waals surface area (Å²) in [6.45, 7) is 3.48. The minimum atomic E-state index is -0.524. The van der Waals surface area contributed by atoms with Gasteiger partial charge in [-0.2, -0.15) is 0 Å². The normalized spacial score (nSPS) is 12.2. The third kappa shape index (κ3) is 3.33. The summed E-state index contributed by atoms with van der Waals surface area (Å²) in [6, 6.07) is 9.31. The summed E-state index contributed by atoms with van der Waals surface area (Å²) >= 11 is 0. The Hall–Kier alpha value is -1.94. The lowest BCUT2D eigenvalue weighted by Crippen LogP contribution is -2.17. The highest BCUT2D eigenvalue weighted by Gasteiger charge is 2.11. The topological polar surface area (TPSA) is 35.2 Å². The Labute approximate surface area is 117 Å². The van der Waals surface area contributed by atoms with Gasteiger partial charge in [0.1, 0.15) is 0 Å². The molecule has 1 atom stereocenters. The molecule has 2 N–H and O–H groups in total. The number of hydrogen-bond acceptors (Lipinski definition) is 2. The van der Waals surface area contributed by atoms with Crippen molar-refractivity contribution in [3.05, 3.63) is 59.2 Å². The summed E-state index contributed by atoms with van der Waals surface area (Å²) in [5.74, 6) is -0.984. The summed E-state index contributed by atoms with van der Waals surface area (Å²) in [5.41, 5.74) is 6.91. The zero-order valence-electron chi connectivity index (χ0n) is 11.5. The smallest absolute Gasteiger partial charge is 0.168 e. The number of nitrogens with two attached hydrogens (primary N) is 1. The van der Waals surface area contributed by atoms with Gasteiger partial charge < -0.3 is 10.5 Å². The van der Waals surface area contributed by atoms with E-state index in [9.17, 15) is 8.78 Å². The quantitative estimate of drug-likeness (QED) is 0.918. The fourth-order valence-electron chi connectivity index (χ4n) is 1.94. The Balaban J connectivity index is 2.24. The van der Waals surface area contributed by atoms with E-state index in [0.717, 1.165) is 5.56 Å². The molecule has 0 aliphatic heterocycles. The fraction of sp³-hybridized carbons (Fsp3) is 0.250. The fourth-order valence-corrected chi connectivity index (χ4v) is 1.94. The molecule has 2 nitrogen and oxygen atoms in total. The van der Waals surface area contributed by atoms with E-state index in [1.54, 1.807) is 25.1 Å². The van der Waals surface area contributed by atoms with Crippen LogP contribution in [0, 0.1) is 18.6 Å². The summed E-state index contributed by atoms with van der Waals surface area (Å²) in [6.07, 6.45) is 0.579. The van der Waals surface area contributed by atoms with Crippen molar-refractivity contribution in [2.75, 3.05) is 0 Å². The molecular weight excluding hydrogens is 260 g/mol. The summed E-state index contributed by atoms with van der Waals surface area (Å²) in [5, 5.41) is 0. The van der Waals surface area contributed by atoms with Crippen molar-refractivity contribution in [3.8, 4) is 11.5 Å². The molecule has 2 aromatic rings. The van der Waals surface area contributed by atoms with Crippen LogP contribution in [0.2, 0.25) is 0 Å². The molecule has 0 amide bonds. The first-order chi connectivity index (χ1) is 9.47. The lowest BCUT2D eigenvalue weighted by molar-refractivity contribution is 0.412. The van der Waals surface area contributed by atoms with Crippen LogP contribution in [0.25, 0.3) is 0 Å². The summed E-state index contributed by atoms with van der Waals surface area (Å²) < 4.78 is 33.0. The van der Waals surface area contributed by atoms with Gasteiger partial charge in [-0.1, -0.05) is 18.2 Å². The van der Waals surface area contributed by atoms with Gasteiger partial charge in [-0.05, 0) is 49.6 Å². The number of ether oxygens (including phenoxy) is 1. The second-order valence-electron chi connectivity index (χ2n) is 4.94. The molecular formula is C16H17F2NO. The van der Waals surface area contributed by atoms with Crippen LogP contribution < -0.4 is 10.5 Å². The molecule has 0 bridgehead atoms. The first kappa shape index (κ1) is 14.5. The molecule has 0 radical (unpaired) electrons. The monoisotopic (exact) mass is 277 g/mol. The third-order valence-electron chi connectivity index (χ3n) is 2.93. The van der Waals surface area contributed by atoms with E-state index in [-0.39, 0.29) is 17.5 Å². The zero-order valence-corrected chi connectivity index (χ0v) is 11.5. The second-order valence-corrected chi connectivity index (χ2v) is 4.94. The molecule has 0 saturated carbocycles. The molecule has 0 saturated heterocycles. The Bertz CT molecular complexity index is 611. The Morgan fingerprint density at radius 1 is 1.15 bits per heavy atom. The predicted molar refractivity (Wildman–Crippen MR) is 75.0 cm³/mol. The lowest BCUT2D eigenvalue weighted by Gasteiger charge is -2.11. The molecule has 0 aliphatic rings.